The summed E-state index contributed by atoms with van der Waals surface area (Å²) in [4.78, 5) is 18.0. The quantitative estimate of drug-likeness (QED) is 0.725. The van der Waals surface area contributed by atoms with Gasteiger partial charge in [-0.1, -0.05) is 6.07 Å². The molecule has 0 unspecified atom stereocenters. The van der Waals surface area contributed by atoms with Gasteiger partial charge in [-0.2, -0.15) is 0 Å². The van der Waals surface area contributed by atoms with E-state index in [-0.39, 0.29) is 12.5 Å². The van der Waals surface area contributed by atoms with Gasteiger partial charge in [0, 0.05) is 18.8 Å². The summed E-state index contributed by atoms with van der Waals surface area (Å²) in [6.45, 7) is 5.95. The van der Waals surface area contributed by atoms with Gasteiger partial charge in [0.05, 0.1) is 18.8 Å². The predicted octanol–water partition coefficient (Wildman–Crippen LogP) is 0.714. The average Bonchev–Trinajstić information content (AvgIpc) is 2.36. The molecule has 0 aliphatic rings. The van der Waals surface area contributed by atoms with Crippen LogP contribution >= 0.6 is 0 Å². The van der Waals surface area contributed by atoms with Crippen LogP contribution in [-0.4, -0.2) is 42.1 Å². The maximum Gasteiger partial charge on any atom is 0.248 e. The Labute approximate surface area is 108 Å². The lowest BCUT2D eigenvalue weighted by atomic mass is 10.3. The fourth-order valence-electron chi connectivity index (χ4n) is 1.59. The summed E-state index contributed by atoms with van der Waals surface area (Å²) in [5.74, 6) is -0.0331. The van der Waals surface area contributed by atoms with Gasteiger partial charge in [0.15, 0.2) is 0 Å². The molecular formula is C13H21N3O2. The molecule has 0 radical (unpaired) electrons. The molecule has 0 aliphatic carbocycles. The van der Waals surface area contributed by atoms with Gasteiger partial charge in [0.25, 0.3) is 0 Å². The number of ether oxygens (including phenoxy) is 1. The molecule has 5 nitrogen and oxygen atoms in total. The van der Waals surface area contributed by atoms with Crippen molar-refractivity contribution in [1.29, 1.82) is 0 Å². The molecule has 0 saturated carbocycles. The number of pyridine rings is 1. The van der Waals surface area contributed by atoms with E-state index in [1.165, 1.54) is 0 Å². The van der Waals surface area contributed by atoms with Crippen molar-refractivity contribution in [3.05, 3.63) is 29.6 Å². The van der Waals surface area contributed by atoms with Crippen molar-refractivity contribution in [3.8, 4) is 0 Å². The van der Waals surface area contributed by atoms with E-state index in [1.54, 1.807) is 4.90 Å². The van der Waals surface area contributed by atoms with Crippen LogP contribution in [0.3, 0.4) is 0 Å². The Hall–Kier alpha value is -1.46. The molecule has 0 bridgehead atoms. The number of likely N-dealkylation sites (N-methyl/N-ethyl adjacent to an activating group) is 1. The van der Waals surface area contributed by atoms with Gasteiger partial charge < -0.3 is 15.4 Å². The highest BCUT2D eigenvalue weighted by atomic mass is 16.5. The van der Waals surface area contributed by atoms with E-state index in [2.05, 4.69) is 4.98 Å². The summed E-state index contributed by atoms with van der Waals surface area (Å²) in [6, 6.07) is 5.80. The maximum absolute atomic E-state index is 11.9. The Morgan fingerprint density at radius 3 is 2.89 bits per heavy atom. The van der Waals surface area contributed by atoms with Crippen LogP contribution in [0.25, 0.3) is 0 Å². The van der Waals surface area contributed by atoms with E-state index in [9.17, 15) is 4.79 Å². The van der Waals surface area contributed by atoms with Crippen molar-refractivity contribution >= 4 is 5.91 Å². The number of hydrogen-bond acceptors (Lipinski definition) is 4. The van der Waals surface area contributed by atoms with E-state index in [0.717, 1.165) is 11.4 Å². The van der Waals surface area contributed by atoms with Crippen molar-refractivity contribution in [1.82, 2.24) is 9.88 Å². The zero-order valence-corrected chi connectivity index (χ0v) is 11.1. The summed E-state index contributed by atoms with van der Waals surface area (Å²) in [7, 11) is 0. The number of rotatable bonds is 7. The number of amides is 1. The van der Waals surface area contributed by atoms with Gasteiger partial charge >= 0.3 is 0 Å². The zero-order chi connectivity index (χ0) is 13.4. The van der Waals surface area contributed by atoms with Gasteiger partial charge in [0.1, 0.15) is 6.61 Å². The number of nitrogens with two attached hydrogens (primary N) is 1. The molecule has 5 heteroatoms. The van der Waals surface area contributed by atoms with Crippen LogP contribution in [-0.2, 0) is 16.1 Å². The number of aromatic nitrogens is 1. The Balaban J connectivity index is 2.53. The van der Waals surface area contributed by atoms with E-state index in [0.29, 0.717) is 26.2 Å². The number of aryl methyl sites for hydroxylation is 1. The van der Waals surface area contributed by atoms with Crippen molar-refractivity contribution in [2.45, 2.75) is 20.4 Å². The van der Waals surface area contributed by atoms with Crippen LogP contribution in [0.2, 0.25) is 0 Å². The first-order chi connectivity index (χ1) is 8.67. The fraction of sp³-hybridized carbons (Fsp3) is 0.538. The minimum absolute atomic E-state index is 0.0331. The largest absolute Gasteiger partial charge is 0.370 e. The summed E-state index contributed by atoms with van der Waals surface area (Å²) in [5, 5.41) is 0. The van der Waals surface area contributed by atoms with E-state index >= 15 is 0 Å². The second kappa shape index (κ2) is 7.79. The number of carbonyl (C=O) groups is 1. The van der Waals surface area contributed by atoms with Crippen LogP contribution in [0.15, 0.2) is 18.2 Å². The lowest BCUT2D eigenvalue weighted by Gasteiger charge is -2.20. The molecule has 0 fully saturated rings. The molecule has 18 heavy (non-hydrogen) atoms. The number of carbonyl (C=O) groups excluding carboxylic acids is 1. The normalized spacial score (nSPS) is 10.4. The molecule has 2 N–H and O–H groups in total. The first-order valence-electron chi connectivity index (χ1n) is 6.15. The molecular weight excluding hydrogens is 230 g/mol. The molecule has 100 valence electrons. The minimum atomic E-state index is -0.0331. The summed E-state index contributed by atoms with van der Waals surface area (Å²) in [5.41, 5.74) is 7.15. The van der Waals surface area contributed by atoms with Crippen molar-refractivity contribution < 1.29 is 9.53 Å². The van der Waals surface area contributed by atoms with Crippen LogP contribution in [0.4, 0.5) is 0 Å². The first-order valence-corrected chi connectivity index (χ1v) is 6.15. The van der Waals surface area contributed by atoms with Crippen LogP contribution in [0.5, 0.6) is 0 Å². The molecule has 0 aliphatic heterocycles. The zero-order valence-electron chi connectivity index (χ0n) is 11.1. The average molecular weight is 251 g/mol. The lowest BCUT2D eigenvalue weighted by molar-refractivity contribution is -0.136. The molecule has 1 heterocycles. The van der Waals surface area contributed by atoms with E-state index in [4.69, 9.17) is 10.5 Å². The van der Waals surface area contributed by atoms with Crippen molar-refractivity contribution in [2.75, 3.05) is 26.3 Å². The lowest BCUT2D eigenvalue weighted by Crippen LogP contribution is -2.34. The van der Waals surface area contributed by atoms with Crippen LogP contribution in [0, 0.1) is 6.92 Å². The van der Waals surface area contributed by atoms with Gasteiger partial charge in [0.2, 0.25) is 5.91 Å². The molecule has 1 aromatic rings. The highest BCUT2D eigenvalue weighted by Crippen LogP contribution is 2.03. The molecule has 0 saturated heterocycles. The highest BCUT2D eigenvalue weighted by molar-refractivity contribution is 5.77. The topological polar surface area (TPSA) is 68.5 Å². The molecule has 0 atom stereocenters. The highest BCUT2D eigenvalue weighted by Gasteiger charge is 2.12. The van der Waals surface area contributed by atoms with Gasteiger partial charge in [-0.3, -0.25) is 9.78 Å². The third kappa shape index (κ3) is 4.81. The van der Waals surface area contributed by atoms with Crippen LogP contribution in [0.1, 0.15) is 18.3 Å². The summed E-state index contributed by atoms with van der Waals surface area (Å²) < 4.78 is 5.15. The van der Waals surface area contributed by atoms with Gasteiger partial charge in [-0.05, 0) is 26.0 Å². The van der Waals surface area contributed by atoms with Gasteiger partial charge in [-0.15, -0.1) is 0 Å². The smallest absolute Gasteiger partial charge is 0.248 e. The third-order valence-electron chi connectivity index (χ3n) is 2.52. The Morgan fingerprint density at radius 1 is 1.50 bits per heavy atom. The summed E-state index contributed by atoms with van der Waals surface area (Å²) >= 11 is 0. The molecule has 1 aromatic heterocycles. The first kappa shape index (κ1) is 14.6. The Morgan fingerprint density at radius 2 is 2.28 bits per heavy atom. The fourth-order valence-corrected chi connectivity index (χ4v) is 1.59. The van der Waals surface area contributed by atoms with E-state index in [1.807, 2.05) is 32.0 Å². The molecule has 1 amide bonds. The standard InChI is InChI=1S/C13H21N3O2/c1-3-16(13(17)10-18-8-7-14)9-12-6-4-5-11(2)15-12/h4-6H,3,7-10,14H2,1-2H3. The predicted molar refractivity (Wildman–Crippen MR) is 69.9 cm³/mol. The number of hydrogen-bond donors (Lipinski definition) is 1. The third-order valence-corrected chi connectivity index (χ3v) is 2.52. The number of nitrogens with zero attached hydrogens (tertiary/aromatic N) is 2. The minimum Gasteiger partial charge on any atom is -0.370 e. The molecule has 0 aromatic carbocycles. The second-order valence-electron chi connectivity index (χ2n) is 4.02. The van der Waals surface area contributed by atoms with Crippen molar-refractivity contribution in [3.63, 3.8) is 0 Å². The Kier molecular flexibility index (Phi) is 6.32. The molecule has 0 spiro atoms. The monoisotopic (exact) mass is 251 g/mol. The summed E-state index contributed by atoms with van der Waals surface area (Å²) in [6.07, 6.45) is 0. The van der Waals surface area contributed by atoms with Crippen molar-refractivity contribution in [2.24, 2.45) is 5.73 Å². The SMILES string of the molecule is CCN(Cc1cccc(C)n1)C(=O)COCCN. The Bertz CT molecular complexity index is 382. The van der Waals surface area contributed by atoms with Gasteiger partial charge in [-0.25, -0.2) is 0 Å². The molecule has 1 rings (SSSR count). The van der Waals surface area contributed by atoms with Crippen LogP contribution < -0.4 is 5.73 Å². The maximum atomic E-state index is 11.9. The van der Waals surface area contributed by atoms with E-state index < -0.39 is 0 Å². The second-order valence-corrected chi connectivity index (χ2v) is 4.02.